The topological polar surface area (TPSA) is 80.7 Å². The Labute approximate surface area is 106 Å². The first-order chi connectivity index (χ1) is 8.37. The number of benzene rings is 1. The van der Waals surface area contributed by atoms with E-state index in [1.165, 1.54) is 18.2 Å². The van der Waals surface area contributed by atoms with Gasteiger partial charge in [-0.2, -0.15) is 8.42 Å². The van der Waals surface area contributed by atoms with Crippen LogP contribution in [0, 0.1) is 0 Å². The minimum absolute atomic E-state index is 0.101. The average Bonchev–Trinajstić information content (AvgIpc) is 2.38. The summed E-state index contributed by atoms with van der Waals surface area (Å²) in [5.74, 6) is -0.239. The summed E-state index contributed by atoms with van der Waals surface area (Å²) in [6.45, 7) is 0. The van der Waals surface area contributed by atoms with Gasteiger partial charge in [0, 0.05) is 5.56 Å². The van der Waals surface area contributed by atoms with Crippen LogP contribution in [0.2, 0.25) is 0 Å². The van der Waals surface area contributed by atoms with E-state index in [4.69, 9.17) is 4.18 Å². The molecule has 1 aliphatic rings. The molecule has 0 amide bonds. The average molecular weight is 270 g/mol. The number of phenols is 1. The van der Waals surface area contributed by atoms with Crippen molar-refractivity contribution in [3.05, 3.63) is 29.3 Å². The molecule has 5 nitrogen and oxygen atoms in total. The van der Waals surface area contributed by atoms with Crippen LogP contribution in [0.3, 0.4) is 0 Å². The Bertz CT molecular complexity index is 576. The van der Waals surface area contributed by atoms with Crippen LogP contribution in [0.15, 0.2) is 18.2 Å². The molecule has 1 unspecified atom stereocenters. The Kier molecular flexibility index (Phi) is 3.41. The number of fused-ring (bicyclic) bond motifs is 1. The highest BCUT2D eigenvalue weighted by Gasteiger charge is 2.29. The van der Waals surface area contributed by atoms with Gasteiger partial charge in [-0.3, -0.25) is 8.98 Å². The van der Waals surface area contributed by atoms with Crippen molar-refractivity contribution in [3.63, 3.8) is 0 Å². The molecule has 1 N–H and O–H groups in total. The minimum Gasteiger partial charge on any atom is -0.508 e. The highest BCUT2D eigenvalue weighted by molar-refractivity contribution is 7.86. The first-order valence-electron chi connectivity index (χ1n) is 5.61. The summed E-state index contributed by atoms with van der Waals surface area (Å²) in [7, 11) is -3.65. The quantitative estimate of drug-likeness (QED) is 0.646. The molecule has 1 aliphatic carbocycles. The van der Waals surface area contributed by atoms with Gasteiger partial charge < -0.3 is 5.11 Å². The Hall–Kier alpha value is -1.40. The number of rotatable bonds is 2. The van der Waals surface area contributed by atoms with Crippen LogP contribution in [-0.4, -0.2) is 31.7 Å². The van der Waals surface area contributed by atoms with Crippen LogP contribution in [0.5, 0.6) is 5.75 Å². The van der Waals surface area contributed by atoms with E-state index in [1.807, 2.05) is 0 Å². The van der Waals surface area contributed by atoms with Gasteiger partial charge >= 0.3 is 0 Å². The molecule has 2 rings (SSSR count). The Morgan fingerprint density at radius 1 is 1.39 bits per heavy atom. The van der Waals surface area contributed by atoms with Gasteiger partial charge in [0.15, 0.2) is 5.78 Å². The van der Waals surface area contributed by atoms with Crippen molar-refractivity contribution >= 4 is 15.9 Å². The van der Waals surface area contributed by atoms with E-state index in [-0.39, 0.29) is 11.5 Å². The van der Waals surface area contributed by atoms with Gasteiger partial charge in [-0.1, -0.05) is 0 Å². The van der Waals surface area contributed by atoms with Crippen LogP contribution in [0.4, 0.5) is 0 Å². The number of hydrogen-bond acceptors (Lipinski definition) is 5. The van der Waals surface area contributed by atoms with E-state index in [2.05, 4.69) is 0 Å². The number of Topliss-reactive ketones (excluding diaryl/α,β-unsaturated/α-hetero) is 1. The zero-order valence-corrected chi connectivity index (χ0v) is 10.7. The summed E-state index contributed by atoms with van der Waals surface area (Å²) < 4.78 is 27.0. The van der Waals surface area contributed by atoms with Crippen LogP contribution in [-0.2, 0) is 20.7 Å². The first kappa shape index (κ1) is 13.0. The fourth-order valence-electron chi connectivity index (χ4n) is 2.11. The lowest BCUT2D eigenvalue weighted by atomic mass is 10.0. The van der Waals surface area contributed by atoms with Crippen molar-refractivity contribution in [1.29, 1.82) is 0 Å². The van der Waals surface area contributed by atoms with Crippen molar-refractivity contribution in [1.82, 2.24) is 0 Å². The van der Waals surface area contributed by atoms with Gasteiger partial charge in [-0.05, 0) is 43.0 Å². The number of phenolic OH excluding ortho intramolecular Hbond substituents is 1. The molecule has 18 heavy (non-hydrogen) atoms. The molecule has 0 radical (unpaired) electrons. The third kappa shape index (κ3) is 2.88. The first-order valence-corrected chi connectivity index (χ1v) is 7.43. The molecule has 0 aromatic heterocycles. The Morgan fingerprint density at radius 2 is 2.11 bits per heavy atom. The molecule has 98 valence electrons. The number of aromatic hydroxyl groups is 1. The van der Waals surface area contributed by atoms with E-state index in [9.17, 15) is 18.3 Å². The molecule has 0 aliphatic heterocycles. The van der Waals surface area contributed by atoms with E-state index in [0.29, 0.717) is 24.8 Å². The molecule has 6 heteroatoms. The van der Waals surface area contributed by atoms with Crippen molar-refractivity contribution in [2.75, 3.05) is 6.26 Å². The lowest BCUT2D eigenvalue weighted by molar-refractivity contribution is 0.0794. The fourth-order valence-corrected chi connectivity index (χ4v) is 2.72. The second kappa shape index (κ2) is 4.70. The molecule has 0 heterocycles. The Morgan fingerprint density at radius 3 is 2.78 bits per heavy atom. The largest absolute Gasteiger partial charge is 0.508 e. The lowest BCUT2D eigenvalue weighted by Gasteiger charge is -2.12. The van der Waals surface area contributed by atoms with Gasteiger partial charge in [-0.25, -0.2) is 0 Å². The summed E-state index contributed by atoms with van der Waals surface area (Å²) in [5, 5.41) is 9.38. The molecule has 0 saturated heterocycles. The monoisotopic (exact) mass is 270 g/mol. The molecule has 0 saturated carbocycles. The zero-order valence-electron chi connectivity index (χ0n) is 9.92. The summed E-state index contributed by atoms with van der Waals surface area (Å²) >= 11 is 0. The summed E-state index contributed by atoms with van der Waals surface area (Å²) in [5.41, 5.74) is 1.17. The molecular weight excluding hydrogens is 256 g/mol. The predicted molar refractivity (Wildman–Crippen MR) is 65.1 cm³/mol. The summed E-state index contributed by atoms with van der Waals surface area (Å²) in [4.78, 5) is 12.2. The zero-order chi connectivity index (χ0) is 13.3. The van der Waals surface area contributed by atoms with Gasteiger partial charge in [0.1, 0.15) is 11.9 Å². The van der Waals surface area contributed by atoms with Gasteiger partial charge in [0.2, 0.25) is 0 Å². The standard InChI is InChI=1S/C12H14O5S/c1-18(15,16)17-11-4-2-3-8-7-9(13)5-6-10(8)12(11)14/h5-7,11,13H,2-4H2,1H3. The van der Waals surface area contributed by atoms with Crippen LogP contribution in [0.1, 0.15) is 28.8 Å². The lowest BCUT2D eigenvalue weighted by Crippen LogP contribution is -2.26. The predicted octanol–water partition coefficient (Wildman–Crippen LogP) is 1.26. The van der Waals surface area contributed by atoms with Crippen molar-refractivity contribution in [2.24, 2.45) is 0 Å². The highest BCUT2D eigenvalue weighted by atomic mass is 32.2. The minimum atomic E-state index is -3.65. The number of hydrogen-bond donors (Lipinski definition) is 1. The maximum atomic E-state index is 12.2. The highest BCUT2D eigenvalue weighted by Crippen LogP contribution is 2.26. The van der Waals surface area contributed by atoms with Gasteiger partial charge in [0.25, 0.3) is 10.1 Å². The van der Waals surface area contributed by atoms with Crippen molar-refractivity contribution < 1.29 is 22.5 Å². The summed E-state index contributed by atoms with van der Waals surface area (Å²) in [6.07, 6.45) is 1.61. The second-order valence-corrected chi connectivity index (χ2v) is 5.99. The van der Waals surface area contributed by atoms with Gasteiger partial charge in [0.05, 0.1) is 6.26 Å². The number of carbonyl (C=O) groups is 1. The Balaban J connectivity index is 2.35. The molecule has 1 aromatic carbocycles. The molecule has 1 atom stereocenters. The smallest absolute Gasteiger partial charge is 0.265 e. The van der Waals surface area contributed by atoms with E-state index in [1.54, 1.807) is 0 Å². The third-order valence-electron chi connectivity index (χ3n) is 2.85. The van der Waals surface area contributed by atoms with Crippen LogP contribution in [0.25, 0.3) is 0 Å². The van der Waals surface area contributed by atoms with E-state index < -0.39 is 16.2 Å². The SMILES string of the molecule is CS(=O)(=O)OC1CCCc2cc(O)ccc2C1=O. The maximum Gasteiger partial charge on any atom is 0.265 e. The molecule has 1 aromatic rings. The molecule has 0 fully saturated rings. The maximum absolute atomic E-state index is 12.2. The molecular formula is C12H14O5S. The van der Waals surface area contributed by atoms with E-state index >= 15 is 0 Å². The number of carbonyl (C=O) groups excluding carboxylic acids is 1. The number of ketones is 1. The van der Waals surface area contributed by atoms with Crippen LogP contribution < -0.4 is 0 Å². The van der Waals surface area contributed by atoms with Gasteiger partial charge in [-0.15, -0.1) is 0 Å². The molecule has 0 spiro atoms. The summed E-state index contributed by atoms with van der Waals surface area (Å²) in [6, 6.07) is 4.46. The van der Waals surface area contributed by atoms with E-state index in [0.717, 1.165) is 11.8 Å². The second-order valence-electron chi connectivity index (χ2n) is 4.39. The van der Waals surface area contributed by atoms with Crippen molar-refractivity contribution in [3.8, 4) is 5.75 Å². The fraction of sp³-hybridized carbons (Fsp3) is 0.417. The molecule has 0 bridgehead atoms. The van der Waals surface area contributed by atoms with Crippen molar-refractivity contribution in [2.45, 2.75) is 25.4 Å². The third-order valence-corrected chi connectivity index (χ3v) is 3.43. The van der Waals surface area contributed by atoms with Crippen LogP contribution >= 0.6 is 0 Å². The number of aryl methyl sites for hydroxylation is 1. The normalized spacial score (nSPS) is 20.3.